The van der Waals surface area contributed by atoms with Gasteiger partial charge in [-0.1, -0.05) is 218 Å². The summed E-state index contributed by atoms with van der Waals surface area (Å²) in [5, 5.41) is 13.8. The quantitative estimate of drug-likeness (QED) is 0.143. The number of fused-ring (bicyclic) bond motifs is 18. The van der Waals surface area contributed by atoms with Crippen LogP contribution in [0.4, 0.5) is 5.69 Å². The molecule has 0 amide bonds. The average Bonchev–Trinajstić information content (AvgIpc) is 1.39. The lowest BCUT2D eigenvalue weighted by molar-refractivity contribution is 1.00. The number of hydrogen-bond acceptors (Lipinski definition) is 0. The second-order valence-corrected chi connectivity index (χ2v) is 24.2. The molecule has 0 N–H and O–H groups in total. The second-order valence-electron chi connectivity index (χ2n) is 24.2. The summed E-state index contributed by atoms with van der Waals surface area (Å²) in [5.41, 5.74) is 21.2. The van der Waals surface area contributed by atoms with Gasteiger partial charge in [0.2, 0.25) is 0 Å². The van der Waals surface area contributed by atoms with E-state index in [-0.39, 0.29) is 0 Å². The number of para-hydroxylation sites is 11. The van der Waals surface area contributed by atoms with Gasteiger partial charge in [0, 0.05) is 75.9 Å². The van der Waals surface area contributed by atoms with E-state index in [4.69, 9.17) is 6.57 Å². The first-order valence-electron chi connectivity index (χ1n) is 31.4. The summed E-state index contributed by atoms with van der Waals surface area (Å²) in [6.07, 6.45) is 0. The zero-order valence-electron chi connectivity index (χ0n) is 49.6. The first-order chi connectivity index (χ1) is 45.7. The van der Waals surface area contributed by atoms with Gasteiger partial charge in [0.1, 0.15) is 0 Å². The van der Waals surface area contributed by atoms with E-state index in [1.165, 1.54) is 10.8 Å². The van der Waals surface area contributed by atoms with Crippen molar-refractivity contribution in [1.82, 2.24) is 27.4 Å². The molecule has 20 aromatic rings. The third-order valence-electron chi connectivity index (χ3n) is 19.6. The highest BCUT2D eigenvalue weighted by Gasteiger charge is 2.37. The molecule has 0 saturated carbocycles. The van der Waals surface area contributed by atoms with Crippen LogP contribution in [0, 0.1) is 6.57 Å². The Balaban J connectivity index is 1.13. The summed E-state index contributed by atoms with van der Waals surface area (Å²) in [6.45, 7) is 8.82. The molecule has 0 aliphatic rings. The van der Waals surface area contributed by atoms with E-state index in [1.807, 2.05) is 6.07 Å². The molecular weight excluding hydrogens is 1120 g/mol. The van der Waals surface area contributed by atoms with Crippen molar-refractivity contribution in [3.8, 4) is 45.3 Å². The van der Waals surface area contributed by atoms with Gasteiger partial charge in [-0.05, 0) is 96.6 Å². The molecular formula is C85H51N7. The highest BCUT2D eigenvalue weighted by molar-refractivity contribution is 6.20. The van der Waals surface area contributed by atoms with Gasteiger partial charge >= 0.3 is 0 Å². The van der Waals surface area contributed by atoms with Crippen LogP contribution in [0.3, 0.4) is 0 Å². The van der Waals surface area contributed by atoms with Crippen molar-refractivity contribution in [2.75, 3.05) is 0 Å². The maximum Gasteiger partial charge on any atom is 0.187 e. The van der Waals surface area contributed by atoms with Crippen LogP contribution in [0.1, 0.15) is 0 Å². The first-order valence-corrected chi connectivity index (χ1v) is 31.4. The third kappa shape index (κ3) is 6.81. The van der Waals surface area contributed by atoms with Gasteiger partial charge in [-0.15, -0.1) is 0 Å². The summed E-state index contributed by atoms with van der Waals surface area (Å²) in [6, 6.07) is 114. The molecule has 0 spiro atoms. The van der Waals surface area contributed by atoms with Crippen molar-refractivity contribution >= 4 is 137 Å². The zero-order valence-corrected chi connectivity index (χ0v) is 49.6. The maximum atomic E-state index is 8.82. The highest BCUT2D eigenvalue weighted by atomic mass is 15.2. The van der Waals surface area contributed by atoms with Crippen molar-refractivity contribution in [1.29, 1.82) is 0 Å². The number of nitrogens with zero attached hydrogens (tertiary/aromatic N) is 7. The normalized spacial score (nSPS) is 12.1. The molecule has 0 aliphatic carbocycles. The fraction of sp³-hybridized carbons (Fsp3) is 0. The topological polar surface area (TPSA) is 33.9 Å². The van der Waals surface area contributed by atoms with E-state index in [0.717, 1.165) is 165 Å². The Kier molecular flexibility index (Phi) is 10.5. The van der Waals surface area contributed by atoms with Gasteiger partial charge in [-0.2, -0.15) is 0 Å². The Morgan fingerprint density at radius 2 is 0.435 bits per heavy atom. The van der Waals surface area contributed by atoms with E-state index < -0.39 is 0 Å². The number of hydrogen-bond donors (Lipinski definition) is 0. The minimum atomic E-state index is 0.547. The Hall–Kier alpha value is -12.6. The van der Waals surface area contributed by atoms with Crippen LogP contribution in [-0.2, 0) is 0 Å². The van der Waals surface area contributed by atoms with Crippen LogP contribution in [0.2, 0.25) is 0 Å². The molecule has 0 unspecified atom stereocenters. The van der Waals surface area contributed by atoms with Crippen molar-refractivity contribution in [2.45, 2.75) is 0 Å². The summed E-state index contributed by atoms with van der Waals surface area (Å²) >= 11 is 0. The van der Waals surface area contributed by atoms with Crippen molar-refractivity contribution in [3.63, 3.8) is 0 Å². The van der Waals surface area contributed by atoms with Crippen molar-refractivity contribution < 1.29 is 0 Å². The van der Waals surface area contributed by atoms with Gasteiger partial charge in [0.25, 0.3) is 0 Å². The predicted octanol–water partition coefficient (Wildman–Crippen LogP) is 22.5. The largest absolute Gasteiger partial charge is 0.309 e. The molecule has 0 aliphatic heterocycles. The molecule has 0 fully saturated rings. The van der Waals surface area contributed by atoms with Gasteiger partial charge in [0.05, 0.1) is 101 Å². The van der Waals surface area contributed by atoms with Crippen LogP contribution in [0.15, 0.2) is 309 Å². The van der Waals surface area contributed by atoms with E-state index in [1.54, 1.807) is 0 Å². The molecule has 6 aromatic heterocycles. The second kappa shape index (κ2) is 19.2. The SMILES string of the molecule is [C-]#[N+]c1cccc(-c2c(-n3c4ccccc4c4ccccc43)c(-n3c4ccccc4c4ccccc43)c(-n3c4ccccc4c4cc(-n5c6ccccc6c6ccccc65)ccc43)c(-n3c4ccccc4c4ccccc43)c2-n2c3ccccc3c3ccccc32)c1. The minimum absolute atomic E-state index is 0.547. The molecule has 0 saturated heterocycles. The number of rotatable bonds is 7. The summed E-state index contributed by atoms with van der Waals surface area (Å²) in [4.78, 5) is 4.26. The Bertz CT molecular complexity index is 6080. The first kappa shape index (κ1) is 50.4. The van der Waals surface area contributed by atoms with Crippen LogP contribution < -0.4 is 0 Å². The summed E-state index contributed by atoms with van der Waals surface area (Å²) in [5.74, 6) is 0. The fourth-order valence-electron chi connectivity index (χ4n) is 16.0. The zero-order chi connectivity index (χ0) is 60.3. The summed E-state index contributed by atoms with van der Waals surface area (Å²) < 4.78 is 15.4. The number of benzene rings is 14. The fourth-order valence-corrected chi connectivity index (χ4v) is 16.0. The van der Waals surface area contributed by atoms with Crippen LogP contribution in [-0.4, -0.2) is 27.4 Å². The van der Waals surface area contributed by atoms with Gasteiger partial charge < -0.3 is 27.4 Å². The van der Waals surface area contributed by atoms with Gasteiger partial charge in [-0.3, -0.25) is 0 Å². The van der Waals surface area contributed by atoms with E-state index in [0.29, 0.717) is 5.69 Å². The smallest absolute Gasteiger partial charge is 0.187 e. The molecule has 426 valence electrons. The van der Waals surface area contributed by atoms with E-state index in [2.05, 4.69) is 336 Å². The lowest BCUT2D eigenvalue weighted by Crippen LogP contribution is -2.18. The third-order valence-corrected chi connectivity index (χ3v) is 19.6. The van der Waals surface area contributed by atoms with Crippen LogP contribution in [0.5, 0.6) is 0 Å². The van der Waals surface area contributed by atoms with Crippen LogP contribution in [0.25, 0.3) is 181 Å². The molecule has 7 heteroatoms. The molecule has 92 heavy (non-hydrogen) atoms. The van der Waals surface area contributed by atoms with Gasteiger partial charge in [-0.25, -0.2) is 4.85 Å². The number of aromatic nitrogens is 6. The standard InChI is InChI=1S/C85H51N7/c1-86-54-26-24-25-53(51-54)80-81(88-70-40-15-4-29-58(70)59-30-5-16-41-71(59)88)83(90-74-44-19-8-33-62(74)63-34-9-20-45-75(63)90)85(92-78-48-23-12-37-66(78)67-52-55(49-50-79(67)92)87-68-38-13-2-27-56(68)57-28-3-14-39-69(57)87)84(91-76-46-21-10-35-64(76)65-36-11-22-47-77(65)91)82(80)89-72-42-17-6-31-60(72)61-32-7-18-43-73(61)89/h2-52H. The average molecular weight is 1170 g/mol. The molecule has 6 heterocycles. The van der Waals surface area contributed by atoms with Gasteiger partial charge in [0.15, 0.2) is 5.69 Å². The Morgan fingerprint density at radius 3 is 0.728 bits per heavy atom. The molecule has 14 aromatic carbocycles. The summed E-state index contributed by atoms with van der Waals surface area (Å²) in [7, 11) is 0. The predicted molar refractivity (Wildman–Crippen MR) is 384 cm³/mol. The van der Waals surface area contributed by atoms with Crippen molar-refractivity contribution in [2.24, 2.45) is 0 Å². The minimum Gasteiger partial charge on any atom is -0.309 e. The molecule has 0 atom stereocenters. The lowest BCUT2D eigenvalue weighted by atomic mass is 9.94. The Morgan fingerprint density at radius 1 is 0.196 bits per heavy atom. The molecule has 20 rings (SSSR count). The maximum absolute atomic E-state index is 8.82. The lowest BCUT2D eigenvalue weighted by Gasteiger charge is -2.32. The van der Waals surface area contributed by atoms with Crippen molar-refractivity contribution in [3.05, 3.63) is 321 Å². The molecule has 0 bridgehead atoms. The highest BCUT2D eigenvalue weighted by Crippen LogP contribution is 2.55. The molecule has 7 nitrogen and oxygen atoms in total. The Labute approximate surface area is 526 Å². The van der Waals surface area contributed by atoms with E-state index in [9.17, 15) is 0 Å². The van der Waals surface area contributed by atoms with Crippen LogP contribution >= 0.6 is 0 Å². The monoisotopic (exact) mass is 1170 g/mol. The molecule has 0 radical (unpaired) electrons. The van der Waals surface area contributed by atoms with E-state index >= 15 is 0 Å².